The molecule has 0 aliphatic carbocycles. The number of nitrogens with one attached hydrogen (secondary N) is 2. The van der Waals surface area contributed by atoms with Crippen LogP contribution in [-0.2, 0) is 6.54 Å². The van der Waals surface area contributed by atoms with Gasteiger partial charge in [0.15, 0.2) is 11.5 Å². The van der Waals surface area contributed by atoms with Crippen molar-refractivity contribution in [2.24, 2.45) is 0 Å². The molecule has 1 aromatic heterocycles. The van der Waals surface area contributed by atoms with E-state index in [9.17, 15) is 9.18 Å². The summed E-state index contributed by atoms with van der Waals surface area (Å²) in [5, 5.41) is 5.54. The van der Waals surface area contributed by atoms with Gasteiger partial charge in [-0.15, -0.1) is 0 Å². The van der Waals surface area contributed by atoms with Gasteiger partial charge in [0.1, 0.15) is 11.5 Å². The minimum atomic E-state index is -0.526. The molecule has 2 aromatic carbocycles. The van der Waals surface area contributed by atoms with E-state index in [2.05, 4.69) is 20.6 Å². The number of methoxy groups -OCH3 is 2. The van der Waals surface area contributed by atoms with Crippen molar-refractivity contribution in [1.82, 2.24) is 9.97 Å². The molecule has 0 saturated carbocycles. The topological polar surface area (TPSA) is 85.4 Å². The van der Waals surface area contributed by atoms with Gasteiger partial charge in [-0.3, -0.25) is 4.79 Å². The van der Waals surface area contributed by atoms with Crippen LogP contribution in [0.2, 0.25) is 0 Å². The number of carbonyl (C=O) groups excluding carboxylic acids is 1. The van der Waals surface area contributed by atoms with Gasteiger partial charge in [-0.25, -0.2) is 14.4 Å². The van der Waals surface area contributed by atoms with E-state index in [-0.39, 0.29) is 17.3 Å². The molecule has 0 spiro atoms. The van der Waals surface area contributed by atoms with Crippen molar-refractivity contribution >= 4 is 17.5 Å². The van der Waals surface area contributed by atoms with Crippen LogP contribution in [0, 0.1) is 5.82 Å². The molecule has 0 bridgehead atoms. The Morgan fingerprint density at radius 2 is 1.86 bits per heavy atom. The third-order valence-corrected chi connectivity index (χ3v) is 3.91. The molecule has 0 aliphatic rings. The van der Waals surface area contributed by atoms with Crippen LogP contribution in [-0.4, -0.2) is 30.1 Å². The van der Waals surface area contributed by atoms with Crippen molar-refractivity contribution in [1.29, 1.82) is 0 Å². The molecule has 3 rings (SSSR count). The highest BCUT2D eigenvalue weighted by molar-refractivity contribution is 6.03. The Labute approximate surface area is 161 Å². The molecule has 0 aliphatic heterocycles. The lowest BCUT2D eigenvalue weighted by Gasteiger charge is -2.11. The molecule has 1 amide bonds. The number of benzene rings is 2. The smallest absolute Gasteiger partial charge is 0.274 e. The summed E-state index contributed by atoms with van der Waals surface area (Å²) in [5.41, 5.74) is 1.13. The highest BCUT2D eigenvalue weighted by Gasteiger charge is 2.12. The van der Waals surface area contributed by atoms with Crippen LogP contribution in [0.25, 0.3) is 0 Å². The van der Waals surface area contributed by atoms with Gasteiger partial charge in [-0.1, -0.05) is 18.2 Å². The molecule has 28 heavy (non-hydrogen) atoms. The number of aromatic nitrogens is 2. The fourth-order valence-corrected chi connectivity index (χ4v) is 2.49. The van der Waals surface area contributed by atoms with Gasteiger partial charge in [-0.05, 0) is 35.9 Å². The van der Waals surface area contributed by atoms with Gasteiger partial charge in [-0.2, -0.15) is 0 Å². The maximum Gasteiger partial charge on any atom is 0.274 e. The van der Waals surface area contributed by atoms with Crippen molar-refractivity contribution < 1.29 is 18.7 Å². The Balaban J connectivity index is 1.68. The summed E-state index contributed by atoms with van der Waals surface area (Å²) in [6.07, 6.45) is 1.46. The Hall–Kier alpha value is -3.68. The van der Waals surface area contributed by atoms with Crippen LogP contribution >= 0.6 is 0 Å². The van der Waals surface area contributed by atoms with Crippen molar-refractivity contribution in [2.45, 2.75) is 6.54 Å². The predicted molar refractivity (Wildman–Crippen MR) is 103 cm³/mol. The van der Waals surface area contributed by atoms with E-state index in [1.54, 1.807) is 32.4 Å². The minimum absolute atomic E-state index is 0.0888. The molecule has 0 fully saturated rings. The lowest BCUT2D eigenvalue weighted by atomic mass is 10.2. The zero-order valence-electron chi connectivity index (χ0n) is 15.4. The summed E-state index contributed by atoms with van der Waals surface area (Å²) >= 11 is 0. The number of hydrogen-bond donors (Lipinski definition) is 2. The number of halogens is 1. The first kappa shape index (κ1) is 19.1. The van der Waals surface area contributed by atoms with E-state index in [0.29, 0.717) is 18.0 Å². The number of nitrogens with zero attached hydrogens (tertiary/aromatic N) is 2. The van der Waals surface area contributed by atoms with Crippen LogP contribution in [0.4, 0.5) is 16.0 Å². The van der Waals surface area contributed by atoms with E-state index >= 15 is 0 Å². The van der Waals surface area contributed by atoms with Crippen LogP contribution in [0.1, 0.15) is 16.1 Å². The van der Waals surface area contributed by atoms with Crippen molar-refractivity contribution in [2.75, 3.05) is 24.9 Å². The summed E-state index contributed by atoms with van der Waals surface area (Å²) in [6.45, 7) is 0.415. The molecule has 7 nitrogen and oxygen atoms in total. The van der Waals surface area contributed by atoms with Gasteiger partial charge in [0.2, 0.25) is 5.95 Å². The van der Waals surface area contributed by atoms with Gasteiger partial charge in [0.25, 0.3) is 5.91 Å². The first-order valence-electron chi connectivity index (χ1n) is 8.44. The lowest BCUT2D eigenvalue weighted by molar-refractivity contribution is 0.102. The molecular weight excluding hydrogens is 363 g/mol. The Kier molecular flexibility index (Phi) is 6.01. The fraction of sp³-hybridized carbons (Fsp3) is 0.150. The number of hydrogen-bond acceptors (Lipinski definition) is 6. The normalized spacial score (nSPS) is 10.2. The lowest BCUT2D eigenvalue weighted by Crippen LogP contribution is -2.16. The number of carbonyl (C=O) groups is 1. The summed E-state index contributed by atoms with van der Waals surface area (Å²) in [4.78, 5) is 20.6. The van der Waals surface area contributed by atoms with E-state index < -0.39 is 11.7 Å². The number of anilines is 2. The Morgan fingerprint density at radius 3 is 2.61 bits per heavy atom. The van der Waals surface area contributed by atoms with Gasteiger partial charge < -0.3 is 20.1 Å². The molecule has 0 radical (unpaired) electrons. The molecule has 2 N–H and O–H groups in total. The summed E-state index contributed by atoms with van der Waals surface area (Å²) in [5.74, 6) is 0.476. The maximum absolute atomic E-state index is 13.7. The first-order valence-corrected chi connectivity index (χ1v) is 8.44. The average Bonchev–Trinajstić information content (AvgIpc) is 2.73. The summed E-state index contributed by atoms with van der Waals surface area (Å²) < 4.78 is 24.2. The number of para-hydroxylation sites is 1. The van der Waals surface area contributed by atoms with Crippen molar-refractivity contribution in [3.05, 3.63) is 71.8 Å². The van der Waals surface area contributed by atoms with Gasteiger partial charge in [0.05, 0.1) is 19.9 Å². The van der Waals surface area contributed by atoms with Gasteiger partial charge >= 0.3 is 0 Å². The third-order valence-electron chi connectivity index (χ3n) is 3.91. The molecule has 0 unspecified atom stereocenters. The second-order valence-corrected chi connectivity index (χ2v) is 5.74. The second-order valence-electron chi connectivity index (χ2n) is 5.74. The minimum Gasteiger partial charge on any atom is -0.493 e. The average molecular weight is 382 g/mol. The van der Waals surface area contributed by atoms with Crippen LogP contribution in [0.3, 0.4) is 0 Å². The van der Waals surface area contributed by atoms with E-state index in [1.165, 1.54) is 24.4 Å². The van der Waals surface area contributed by atoms with Crippen LogP contribution in [0.5, 0.6) is 11.5 Å². The zero-order valence-corrected chi connectivity index (χ0v) is 15.4. The Morgan fingerprint density at radius 1 is 1.07 bits per heavy atom. The largest absolute Gasteiger partial charge is 0.493 e. The monoisotopic (exact) mass is 382 g/mol. The number of rotatable bonds is 7. The fourth-order valence-electron chi connectivity index (χ4n) is 2.49. The number of ether oxygens (including phenoxy) is 2. The number of amides is 1. The quantitative estimate of drug-likeness (QED) is 0.651. The molecule has 8 heteroatoms. The van der Waals surface area contributed by atoms with Gasteiger partial charge in [0, 0.05) is 12.7 Å². The first-order chi connectivity index (χ1) is 13.6. The van der Waals surface area contributed by atoms with Crippen LogP contribution < -0.4 is 20.1 Å². The Bertz CT molecular complexity index is 981. The molecule has 1 heterocycles. The molecule has 3 aromatic rings. The second kappa shape index (κ2) is 8.81. The molecular formula is C20H19FN4O3. The van der Waals surface area contributed by atoms with E-state index in [4.69, 9.17) is 9.47 Å². The van der Waals surface area contributed by atoms with Crippen LogP contribution in [0.15, 0.2) is 54.7 Å². The third kappa shape index (κ3) is 4.53. The van der Waals surface area contributed by atoms with E-state index in [1.807, 2.05) is 12.1 Å². The highest BCUT2D eigenvalue weighted by Crippen LogP contribution is 2.27. The van der Waals surface area contributed by atoms with Crippen molar-refractivity contribution in [3.63, 3.8) is 0 Å². The molecule has 144 valence electrons. The maximum atomic E-state index is 13.7. The SMILES string of the molecule is COc1ccc(CNc2nccc(C(=O)Nc3ccccc3F)n2)cc1OC. The highest BCUT2D eigenvalue weighted by atomic mass is 19.1. The zero-order chi connectivity index (χ0) is 19.9. The summed E-state index contributed by atoms with van der Waals surface area (Å²) in [6, 6.07) is 12.9. The van der Waals surface area contributed by atoms with E-state index in [0.717, 1.165) is 5.56 Å². The standard InChI is InChI=1S/C20H19FN4O3/c1-27-17-8-7-13(11-18(17)28-2)12-23-20-22-10-9-16(25-20)19(26)24-15-6-4-3-5-14(15)21/h3-11H,12H2,1-2H3,(H,24,26)(H,22,23,25). The van der Waals surface area contributed by atoms with Crippen molar-refractivity contribution in [3.8, 4) is 11.5 Å². The predicted octanol–water partition coefficient (Wildman–Crippen LogP) is 3.50. The summed E-state index contributed by atoms with van der Waals surface area (Å²) in [7, 11) is 3.14. The molecule has 0 atom stereocenters. The molecule has 0 saturated heterocycles.